The van der Waals surface area contributed by atoms with Crippen LogP contribution in [-0.4, -0.2) is 16.1 Å². The van der Waals surface area contributed by atoms with Crippen LogP contribution in [0.4, 0.5) is 0 Å². The molecular weight excluding hydrogens is 154 g/mol. The molecule has 1 saturated heterocycles. The second-order valence-electron chi connectivity index (χ2n) is 3.14. The fraction of sp³-hybridized carbons (Fsp3) is 0.625. The van der Waals surface area contributed by atoms with E-state index in [2.05, 4.69) is 10.3 Å². The molecule has 0 amide bonds. The van der Waals surface area contributed by atoms with Crippen molar-refractivity contribution in [2.45, 2.75) is 25.4 Å². The summed E-state index contributed by atoms with van der Waals surface area (Å²) in [5, 5.41) is 3.31. The van der Waals surface area contributed by atoms with E-state index in [1.165, 1.54) is 12.8 Å². The maximum atomic E-state index is 11.2. The first-order valence-electron chi connectivity index (χ1n) is 4.37. The molecule has 2 rings (SSSR count). The van der Waals surface area contributed by atoms with Gasteiger partial charge in [0.2, 0.25) is 0 Å². The van der Waals surface area contributed by atoms with E-state index in [9.17, 15) is 4.79 Å². The number of H-pyrrole nitrogens is 1. The van der Waals surface area contributed by atoms with Crippen molar-refractivity contribution in [3.8, 4) is 0 Å². The molecule has 4 heteroatoms. The second kappa shape index (κ2) is 3.15. The minimum Gasteiger partial charge on any atom is -0.313 e. The van der Waals surface area contributed by atoms with Gasteiger partial charge in [0.1, 0.15) is 0 Å². The van der Waals surface area contributed by atoms with E-state index in [-0.39, 0.29) is 11.9 Å². The molecule has 1 atom stereocenters. The van der Waals surface area contributed by atoms with Crippen molar-refractivity contribution in [2.75, 3.05) is 6.54 Å². The van der Waals surface area contributed by atoms with E-state index >= 15 is 0 Å². The molecule has 1 fully saturated rings. The molecule has 0 radical (unpaired) electrons. The molecule has 1 aliphatic heterocycles. The highest BCUT2D eigenvalue weighted by Crippen LogP contribution is 2.14. The fourth-order valence-corrected chi connectivity index (χ4v) is 1.65. The van der Waals surface area contributed by atoms with Gasteiger partial charge in [0.15, 0.2) is 0 Å². The van der Waals surface area contributed by atoms with Crippen LogP contribution in [-0.2, 0) is 0 Å². The molecule has 2 N–H and O–H groups in total. The number of imidazole rings is 1. The lowest BCUT2D eigenvalue weighted by Gasteiger charge is -2.23. The Balaban J connectivity index is 2.18. The molecule has 0 spiro atoms. The standard InChI is InChI=1S/C8H13N3O/c12-8-10-5-6-11(8)7-3-1-2-4-9-7/h5-7,9H,1-4H2,(H,10,12). The first kappa shape index (κ1) is 7.61. The molecule has 1 aliphatic rings. The minimum atomic E-state index is -0.0191. The van der Waals surface area contributed by atoms with Crippen LogP contribution in [0.5, 0.6) is 0 Å². The van der Waals surface area contributed by atoms with E-state index in [0.717, 1.165) is 13.0 Å². The third kappa shape index (κ3) is 1.30. The third-order valence-corrected chi connectivity index (χ3v) is 2.30. The molecule has 2 heterocycles. The summed E-state index contributed by atoms with van der Waals surface area (Å²) in [6.07, 6.45) is 7.16. The van der Waals surface area contributed by atoms with Crippen molar-refractivity contribution in [1.29, 1.82) is 0 Å². The average molecular weight is 167 g/mol. The van der Waals surface area contributed by atoms with Gasteiger partial charge in [-0.15, -0.1) is 0 Å². The van der Waals surface area contributed by atoms with Crippen molar-refractivity contribution < 1.29 is 0 Å². The normalized spacial score (nSPS) is 24.2. The van der Waals surface area contributed by atoms with Crippen LogP contribution in [0, 0.1) is 0 Å². The van der Waals surface area contributed by atoms with Gasteiger partial charge in [-0.25, -0.2) is 4.79 Å². The Morgan fingerprint density at radius 1 is 1.50 bits per heavy atom. The second-order valence-corrected chi connectivity index (χ2v) is 3.14. The van der Waals surface area contributed by atoms with Gasteiger partial charge in [0, 0.05) is 12.4 Å². The molecule has 1 aromatic rings. The van der Waals surface area contributed by atoms with Crippen LogP contribution in [0.15, 0.2) is 17.2 Å². The Morgan fingerprint density at radius 2 is 2.42 bits per heavy atom. The summed E-state index contributed by atoms with van der Waals surface area (Å²) in [5.74, 6) is 0. The number of hydrogen-bond acceptors (Lipinski definition) is 2. The number of hydrogen-bond donors (Lipinski definition) is 2. The van der Waals surface area contributed by atoms with Crippen LogP contribution in [0.2, 0.25) is 0 Å². The molecule has 66 valence electrons. The first-order valence-corrected chi connectivity index (χ1v) is 4.37. The predicted molar refractivity (Wildman–Crippen MR) is 45.9 cm³/mol. The average Bonchev–Trinajstić information content (AvgIpc) is 2.53. The lowest BCUT2D eigenvalue weighted by Crippen LogP contribution is -2.35. The van der Waals surface area contributed by atoms with Gasteiger partial charge in [-0.05, 0) is 25.8 Å². The Morgan fingerprint density at radius 3 is 3.00 bits per heavy atom. The van der Waals surface area contributed by atoms with Crippen LogP contribution >= 0.6 is 0 Å². The van der Waals surface area contributed by atoms with Gasteiger partial charge >= 0.3 is 5.69 Å². The molecular formula is C8H13N3O. The molecule has 0 aliphatic carbocycles. The monoisotopic (exact) mass is 167 g/mol. The van der Waals surface area contributed by atoms with Crippen molar-refractivity contribution in [3.05, 3.63) is 22.9 Å². The summed E-state index contributed by atoms with van der Waals surface area (Å²) in [6, 6.07) is 0. The Labute approximate surface area is 70.6 Å². The van der Waals surface area contributed by atoms with Crippen LogP contribution in [0.1, 0.15) is 25.4 Å². The quantitative estimate of drug-likeness (QED) is 0.638. The zero-order valence-electron chi connectivity index (χ0n) is 6.92. The molecule has 0 aromatic carbocycles. The van der Waals surface area contributed by atoms with Gasteiger partial charge < -0.3 is 4.98 Å². The number of nitrogens with one attached hydrogen (secondary N) is 2. The smallest absolute Gasteiger partial charge is 0.313 e. The van der Waals surface area contributed by atoms with Crippen molar-refractivity contribution >= 4 is 0 Å². The highest BCUT2D eigenvalue weighted by molar-refractivity contribution is 4.82. The van der Waals surface area contributed by atoms with Crippen LogP contribution in [0.25, 0.3) is 0 Å². The van der Waals surface area contributed by atoms with Gasteiger partial charge in [-0.2, -0.15) is 0 Å². The molecule has 0 saturated carbocycles. The van der Waals surface area contributed by atoms with Gasteiger partial charge in [-0.3, -0.25) is 9.88 Å². The molecule has 12 heavy (non-hydrogen) atoms. The summed E-state index contributed by atoms with van der Waals surface area (Å²) in [6.45, 7) is 1.02. The molecule has 4 nitrogen and oxygen atoms in total. The Hall–Kier alpha value is -1.03. The summed E-state index contributed by atoms with van der Waals surface area (Å²) in [4.78, 5) is 13.8. The highest BCUT2D eigenvalue weighted by atomic mass is 16.1. The van der Waals surface area contributed by atoms with Gasteiger partial charge in [-0.1, -0.05) is 0 Å². The van der Waals surface area contributed by atoms with E-state index in [1.807, 2.05) is 0 Å². The predicted octanol–water partition coefficient (Wildman–Crippen LogP) is 0.448. The van der Waals surface area contributed by atoms with Crippen LogP contribution in [0.3, 0.4) is 0 Å². The fourth-order valence-electron chi connectivity index (χ4n) is 1.65. The summed E-state index contributed by atoms with van der Waals surface area (Å²) in [5.41, 5.74) is -0.0191. The maximum absolute atomic E-state index is 11.2. The SMILES string of the molecule is O=c1[nH]ccn1C1CCCCN1. The van der Waals surface area contributed by atoms with Gasteiger partial charge in [0.05, 0.1) is 6.17 Å². The van der Waals surface area contributed by atoms with Crippen molar-refractivity contribution in [2.24, 2.45) is 0 Å². The number of rotatable bonds is 1. The summed E-state index contributed by atoms with van der Waals surface area (Å²) in [7, 11) is 0. The minimum absolute atomic E-state index is 0.0191. The molecule has 1 unspecified atom stereocenters. The topological polar surface area (TPSA) is 49.8 Å². The van der Waals surface area contributed by atoms with E-state index in [4.69, 9.17) is 0 Å². The lowest BCUT2D eigenvalue weighted by atomic mass is 10.1. The van der Waals surface area contributed by atoms with Gasteiger partial charge in [0.25, 0.3) is 0 Å². The highest BCUT2D eigenvalue weighted by Gasteiger charge is 2.14. The summed E-state index contributed by atoms with van der Waals surface area (Å²) < 4.78 is 1.72. The van der Waals surface area contributed by atoms with E-state index in [1.54, 1.807) is 17.0 Å². The maximum Gasteiger partial charge on any atom is 0.326 e. The first-order chi connectivity index (χ1) is 5.88. The zero-order chi connectivity index (χ0) is 8.39. The number of nitrogens with zero attached hydrogens (tertiary/aromatic N) is 1. The third-order valence-electron chi connectivity index (χ3n) is 2.30. The number of aromatic amines is 1. The zero-order valence-corrected chi connectivity index (χ0v) is 6.92. The Bertz CT molecular complexity index is 295. The molecule has 1 aromatic heterocycles. The number of piperidine rings is 1. The van der Waals surface area contributed by atoms with Crippen molar-refractivity contribution in [1.82, 2.24) is 14.9 Å². The summed E-state index contributed by atoms with van der Waals surface area (Å²) >= 11 is 0. The molecule has 0 bridgehead atoms. The number of aromatic nitrogens is 2. The lowest BCUT2D eigenvalue weighted by molar-refractivity contribution is 0.315. The van der Waals surface area contributed by atoms with E-state index in [0.29, 0.717) is 0 Å². The van der Waals surface area contributed by atoms with Crippen LogP contribution < -0.4 is 11.0 Å². The van der Waals surface area contributed by atoms with E-state index < -0.39 is 0 Å². The Kier molecular flexibility index (Phi) is 1.99. The van der Waals surface area contributed by atoms with Crippen molar-refractivity contribution in [3.63, 3.8) is 0 Å². The largest absolute Gasteiger partial charge is 0.326 e.